The first-order valence-electron chi connectivity index (χ1n) is 5.13. The van der Waals surface area contributed by atoms with Gasteiger partial charge in [0.1, 0.15) is 0 Å². The molecule has 1 N–H and O–H groups in total. The Morgan fingerprint density at radius 3 is 3.14 bits per heavy atom. The van der Waals surface area contributed by atoms with Crippen LogP contribution in [-0.4, -0.2) is 39.0 Å². The zero-order valence-electron chi connectivity index (χ0n) is 8.56. The first-order valence-corrected chi connectivity index (χ1v) is 5.13. The summed E-state index contributed by atoms with van der Waals surface area (Å²) >= 11 is 0. The number of aliphatic hydroxyl groups excluding tert-OH is 1. The van der Waals surface area contributed by atoms with Crippen molar-refractivity contribution < 1.29 is 5.11 Å². The van der Waals surface area contributed by atoms with E-state index in [4.69, 9.17) is 0 Å². The third-order valence-corrected chi connectivity index (χ3v) is 3.00. The maximum Gasteiger partial charge on any atom is 0.0587 e. The zero-order valence-corrected chi connectivity index (χ0v) is 8.56. The largest absolute Gasteiger partial charge is 0.395 e. The molecule has 78 valence electrons. The van der Waals surface area contributed by atoms with E-state index >= 15 is 0 Å². The number of hydrogen-bond acceptors (Lipinski definition) is 3. The lowest BCUT2D eigenvalue weighted by atomic mass is 10.2. The minimum absolute atomic E-state index is 0.276. The van der Waals surface area contributed by atoms with Crippen LogP contribution in [0.15, 0.2) is 12.3 Å². The van der Waals surface area contributed by atoms with Crippen LogP contribution in [0.2, 0.25) is 0 Å². The molecule has 0 saturated carbocycles. The van der Waals surface area contributed by atoms with E-state index in [1.807, 2.05) is 24.0 Å². The summed E-state index contributed by atoms with van der Waals surface area (Å²) in [5.41, 5.74) is 1.21. The van der Waals surface area contributed by atoms with E-state index < -0.39 is 0 Å². The minimum atomic E-state index is 0.276. The van der Waals surface area contributed by atoms with Gasteiger partial charge in [-0.15, -0.1) is 0 Å². The molecular formula is C10H17N3O. The van der Waals surface area contributed by atoms with Crippen LogP contribution in [0, 0.1) is 0 Å². The molecule has 4 heteroatoms. The average molecular weight is 195 g/mol. The van der Waals surface area contributed by atoms with Gasteiger partial charge in [-0.2, -0.15) is 5.10 Å². The summed E-state index contributed by atoms with van der Waals surface area (Å²) in [6.45, 7) is 2.27. The first kappa shape index (κ1) is 9.68. The highest BCUT2D eigenvalue weighted by Crippen LogP contribution is 2.18. The number of likely N-dealkylation sites (tertiary alicyclic amines) is 1. The van der Waals surface area contributed by atoms with E-state index in [2.05, 4.69) is 10.00 Å². The van der Waals surface area contributed by atoms with Gasteiger partial charge in [-0.1, -0.05) is 0 Å². The predicted octanol–water partition coefficient (Wildman–Crippen LogP) is 0.377. The Morgan fingerprint density at radius 1 is 1.64 bits per heavy atom. The Kier molecular flexibility index (Phi) is 2.84. The summed E-state index contributed by atoms with van der Waals surface area (Å²) in [7, 11) is 1.96. The van der Waals surface area contributed by atoms with E-state index in [9.17, 15) is 5.11 Å². The molecule has 1 aliphatic heterocycles. The van der Waals surface area contributed by atoms with Crippen molar-refractivity contribution >= 4 is 0 Å². The van der Waals surface area contributed by atoms with Crippen molar-refractivity contribution in [2.75, 3.05) is 13.2 Å². The van der Waals surface area contributed by atoms with Gasteiger partial charge < -0.3 is 5.11 Å². The summed E-state index contributed by atoms with van der Waals surface area (Å²) in [5, 5.41) is 13.3. The average Bonchev–Trinajstić information content (AvgIpc) is 2.77. The molecule has 0 radical (unpaired) electrons. The molecule has 0 bridgehead atoms. The molecule has 0 spiro atoms. The Morgan fingerprint density at radius 2 is 2.50 bits per heavy atom. The van der Waals surface area contributed by atoms with Gasteiger partial charge in [-0.25, -0.2) is 0 Å². The second-order valence-corrected chi connectivity index (χ2v) is 3.90. The van der Waals surface area contributed by atoms with Gasteiger partial charge in [0.25, 0.3) is 0 Å². The SMILES string of the molecule is Cn1nccc1CN1CCC[C@H]1CO. The van der Waals surface area contributed by atoms with Crippen LogP contribution < -0.4 is 0 Å². The van der Waals surface area contributed by atoms with Crippen molar-refractivity contribution in [3.05, 3.63) is 18.0 Å². The Bertz CT molecular complexity index is 297. The van der Waals surface area contributed by atoms with Gasteiger partial charge in [0.15, 0.2) is 0 Å². The van der Waals surface area contributed by atoms with Crippen molar-refractivity contribution in [1.82, 2.24) is 14.7 Å². The highest BCUT2D eigenvalue weighted by atomic mass is 16.3. The van der Waals surface area contributed by atoms with Crippen LogP contribution in [0.3, 0.4) is 0 Å². The van der Waals surface area contributed by atoms with E-state index in [0.717, 1.165) is 19.5 Å². The quantitative estimate of drug-likeness (QED) is 0.758. The highest BCUT2D eigenvalue weighted by Gasteiger charge is 2.24. The smallest absolute Gasteiger partial charge is 0.0587 e. The molecule has 14 heavy (non-hydrogen) atoms. The minimum Gasteiger partial charge on any atom is -0.395 e. The molecule has 0 aromatic carbocycles. The Balaban J connectivity index is 2.00. The maximum absolute atomic E-state index is 9.17. The van der Waals surface area contributed by atoms with Crippen molar-refractivity contribution in [3.8, 4) is 0 Å². The molecule has 1 saturated heterocycles. The molecule has 1 aromatic rings. The normalized spacial score (nSPS) is 23.1. The van der Waals surface area contributed by atoms with Crippen LogP contribution in [-0.2, 0) is 13.6 Å². The Hall–Kier alpha value is -0.870. The molecular weight excluding hydrogens is 178 g/mol. The monoisotopic (exact) mass is 195 g/mol. The van der Waals surface area contributed by atoms with E-state index in [-0.39, 0.29) is 6.61 Å². The molecule has 1 fully saturated rings. The molecule has 2 rings (SSSR count). The fraction of sp³-hybridized carbons (Fsp3) is 0.700. The topological polar surface area (TPSA) is 41.3 Å². The summed E-state index contributed by atoms with van der Waals surface area (Å²) in [4.78, 5) is 2.33. The van der Waals surface area contributed by atoms with Crippen LogP contribution in [0.25, 0.3) is 0 Å². The number of nitrogens with zero attached hydrogens (tertiary/aromatic N) is 3. The van der Waals surface area contributed by atoms with Gasteiger partial charge >= 0.3 is 0 Å². The predicted molar refractivity (Wildman–Crippen MR) is 53.7 cm³/mol. The molecule has 1 aliphatic rings. The van der Waals surface area contributed by atoms with Gasteiger partial charge in [0, 0.05) is 25.8 Å². The van der Waals surface area contributed by atoms with Crippen LogP contribution >= 0.6 is 0 Å². The fourth-order valence-electron chi connectivity index (χ4n) is 2.07. The third-order valence-electron chi connectivity index (χ3n) is 3.00. The third kappa shape index (κ3) is 1.81. The van der Waals surface area contributed by atoms with E-state index in [1.54, 1.807) is 0 Å². The summed E-state index contributed by atoms with van der Waals surface area (Å²) in [5.74, 6) is 0. The lowest BCUT2D eigenvalue weighted by molar-refractivity contribution is 0.151. The first-order chi connectivity index (χ1) is 6.81. The number of aliphatic hydroxyl groups is 1. The van der Waals surface area contributed by atoms with Gasteiger partial charge in [-0.3, -0.25) is 9.58 Å². The molecule has 4 nitrogen and oxygen atoms in total. The van der Waals surface area contributed by atoms with Crippen LogP contribution in [0.4, 0.5) is 0 Å². The van der Waals surface area contributed by atoms with Gasteiger partial charge in [0.2, 0.25) is 0 Å². The van der Waals surface area contributed by atoms with Crippen molar-refractivity contribution in [1.29, 1.82) is 0 Å². The second-order valence-electron chi connectivity index (χ2n) is 3.90. The standard InChI is InChI=1S/C10H17N3O/c1-12-9(4-5-11-12)7-13-6-2-3-10(13)8-14/h4-5,10,14H,2-3,6-8H2,1H3/t10-/m0/s1. The Labute approximate surface area is 84.1 Å². The van der Waals surface area contributed by atoms with Crippen LogP contribution in [0.5, 0.6) is 0 Å². The maximum atomic E-state index is 9.17. The van der Waals surface area contributed by atoms with Crippen molar-refractivity contribution in [2.45, 2.75) is 25.4 Å². The molecule has 1 atom stereocenters. The summed E-state index contributed by atoms with van der Waals surface area (Å²) in [6.07, 6.45) is 4.14. The number of rotatable bonds is 3. The molecule has 0 amide bonds. The van der Waals surface area contributed by atoms with Crippen LogP contribution in [0.1, 0.15) is 18.5 Å². The summed E-state index contributed by atoms with van der Waals surface area (Å²) in [6, 6.07) is 2.39. The highest BCUT2D eigenvalue weighted by molar-refractivity contribution is 5.00. The molecule has 1 aromatic heterocycles. The fourth-order valence-corrected chi connectivity index (χ4v) is 2.07. The molecule has 2 heterocycles. The lowest BCUT2D eigenvalue weighted by Gasteiger charge is -2.22. The van der Waals surface area contributed by atoms with Crippen molar-refractivity contribution in [3.63, 3.8) is 0 Å². The van der Waals surface area contributed by atoms with Gasteiger partial charge in [0.05, 0.1) is 12.3 Å². The lowest BCUT2D eigenvalue weighted by Crippen LogP contribution is -2.32. The van der Waals surface area contributed by atoms with E-state index in [0.29, 0.717) is 6.04 Å². The number of hydrogen-bond donors (Lipinski definition) is 1. The van der Waals surface area contributed by atoms with E-state index in [1.165, 1.54) is 12.1 Å². The number of aryl methyl sites for hydroxylation is 1. The summed E-state index contributed by atoms with van der Waals surface area (Å²) < 4.78 is 1.90. The molecule has 0 unspecified atom stereocenters. The molecule has 0 aliphatic carbocycles. The number of aromatic nitrogens is 2. The zero-order chi connectivity index (χ0) is 9.97. The second kappa shape index (κ2) is 4.11. The van der Waals surface area contributed by atoms with Crippen molar-refractivity contribution in [2.24, 2.45) is 7.05 Å². The van der Waals surface area contributed by atoms with Gasteiger partial charge in [-0.05, 0) is 25.5 Å².